The van der Waals surface area contributed by atoms with Crippen LogP contribution in [0, 0.1) is 5.92 Å². The van der Waals surface area contributed by atoms with Crippen molar-refractivity contribution in [3.05, 3.63) is 58.5 Å². The summed E-state index contributed by atoms with van der Waals surface area (Å²) < 4.78 is 16.6. The molecule has 118 valence electrons. The Morgan fingerprint density at radius 2 is 2.00 bits per heavy atom. The minimum absolute atomic E-state index is 0.000385. The van der Waals surface area contributed by atoms with E-state index < -0.39 is 23.5 Å². The van der Waals surface area contributed by atoms with Gasteiger partial charge >= 0.3 is 11.9 Å². The predicted octanol–water partition coefficient (Wildman–Crippen LogP) is 3.74. The molecule has 0 radical (unpaired) electrons. The van der Waals surface area contributed by atoms with Gasteiger partial charge in [0.1, 0.15) is 5.92 Å². The normalized spacial score (nSPS) is 24.2. The van der Waals surface area contributed by atoms with E-state index >= 15 is 4.39 Å². The third kappa shape index (κ3) is 2.35. The fourth-order valence-electron chi connectivity index (χ4n) is 2.98. The molecule has 0 amide bonds. The first-order chi connectivity index (χ1) is 10.8. The predicted molar refractivity (Wildman–Crippen MR) is 85.2 cm³/mol. The van der Waals surface area contributed by atoms with Crippen molar-refractivity contribution in [2.45, 2.75) is 12.6 Å². The van der Waals surface area contributed by atoms with Crippen molar-refractivity contribution < 1.29 is 24.2 Å². The third-order valence-corrected chi connectivity index (χ3v) is 5.04. The molecule has 0 saturated heterocycles. The van der Waals surface area contributed by atoms with Gasteiger partial charge in [-0.25, -0.2) is 9.18 Å². The van der Waals surface area contributed by atoms with E-state index in [-0.39, 0.29) is 16.7 Å². The number of carboxylic acid groups (broad SMARTS) is 2. The highest BCUT2D eigenvalue weighted by molar-refractivity contribution is 7.17. The number of thiophene rings is 1. The lowest BCUT2D eigenvalue weighted by molar-refractivity contribution is -0.144. The Balaban J connectivity index is 2.18. The second-order valence-electron chi connectivity index (χ2n) is 5.45. The molecule has 0 spiro atoms. The molecular formula is C17H13FO4S. The van der Waals surface area contributed by atoms with Crippen molar-refractivity contribution in [1.82, 2.24) is 0 Å². The number of hydrogen-bond acceptors (Lipinski definition) is 3. The fraction of sp³-hybridized carbons (Fsp3) is 0.176. The van der Waals surface area contributed by atoms with Gasteiger partial charge in [-0.1, -0.05) is 6.07 Å². The molecule has 2 unspecified atom stereocenters. The van der Waals surface area contributed by atoms with Gasteiger partial charge in [-0.05, 0) is 59.2 Å². The van der Waals surface area contributed by atoms with Gasteiger partial charge in [0, 0.05) is 4.70 Å². The SMILES string of the molecule is CC1=C(C(=O)O)C=CC(F)(c2ccc3sccc3c2)C1C(=O)O. The van der Waals surface area contributed by atoms with Crippen LogP contribution in [0.1, 0.15) is 12.5 Å². The summed E-state index contributed by atoms with van der Waals surface area (Å²) >= 11 is 1.51. The Morgan fingerprint density at radius 1 is 1.26 bits per heavy atom. The van der Waals surface area contributed by atoms with Gasteiger partial charge in [0.25, 0.3) is 0 Å². The molecule has 1 aromatic heterocycles. The molecular weight excluding hydrogens is 319 g/mol. The molecule has 3 rings (SSSR count). The molecule has 1 aliphatic carbocycles. The molecule has 2 N–H and O–H groups in total. The number of aliphatic carboxylic acids is 2. The molecule has 0 bridgehead atoms. The lowest BCUT2D eigenvalue weighted by Crippen LogP contribution is -2.38. The summed E-state index contributed by atoms with van der Waals surface area (Å²) in [6.07, 6.45) is 2.19. The summed E-state index contributed by atoms with van der Waals surface area (Å²) in [4.78, 5) is 22.8. The van der Waals surface area contributed by atoms with Crippen LogP contribution in [0.25, 0.3) is 10.1 Å². The summed E-state index contributed by atoms with van der Waals surface area (Å²) in [5.74, 6) is -4.23. The molecule has 0 saturated carbocycles. The molecule has 4 nitrogen and oxygen atoms in total. The molecule has 2 aromatic rings. The lowest BCUT2D eigenvalue weighted by atomic mass is 9.74. The van der Waals surface area contributed by atoms with Crippen LogP contribution < -0.4 is 0 Å². The van der Waals surface area contributed by atoms with Crippen LogP contribution in [0.4, 0.5) is 4.39 Å². The zero-order valence-corrected chi connectivity index (χ0v) is 12.9. The van der Waals surface area contributed by atoms with Crippen LogP contribution in [-0.2, 0) is 15.3 Å². The molecule has 23 heavy (non-hydrogen) atoms. The first-order valence-corrected chi connectivity index (χ1v) is 7.75. The summed E-state index contributed by atoms with van der Waals surface area (Å²) in [6, 6.07) is 6.75. The van der Waals surface area contributed by atoms with E-state index in [0.717, 1.165) is 22.2 Å². The minimum Gasteiger partial charge on any atom is -0.481 e. The number of allylic oxidation sites excluding steroid dienone is 1. The van der Waals surface area contributed by atoms with Gasteiger partial charge in [0.05, 0.1) is 5.57 Å². The lowest BCUT2D eigenvalue weighted by Gasteiger charge is -2.33. The minimum atomic E-state index is -2.29. The van der Waals surface area contributed by atoms with Crippen molar-refractivity contribution in [2.24, 2.45) is 5.92 Å². The van der Waals surface area contributed by atoms with E-state index in [1.165, 1.54) is 18.3 Å². The highest BCUT2D eigenvalue weighted by atomic mass is 32.1. The van der Waals surface area contributed by atoms with Crippen LogP contribution in [0.3, 0.4) is 0 Å². The Kier molecular flexibility index (Phi) is 3.56. The number of benzene rings is 1. The molecule has 6 heteroatoms. The third-order valence-electron chi connectivity index (χ3n) is 4.14. The van der Waals surface area contributed by atoms with Gasteiger partial charge in [-0.3, -0.25) is 4.79 Å². The average molecular weight is 332 g/mol. The Hall–Kier alpha value is -2.47. The van der Waals surface area contributed by atoms with E-state index in [1.54, 1.807) is 18.2 Å². The average Bonchev–Trinajstić information content (AvgIpc) is 2.93. The number of carbonyl (C=O) groups is 2. The van der Waals surface area contributed by atoms with E-state index in [0.29, 0.717) is 0 Å². The molecule has 1 aliphatic rings. The summed E-state index contributed by atoms with van der Waals surface area (Å²) in [6.45, 7) is 1.35. The van der Waals surface area contributed by atoms with Crippen molar-refractivity contribution in [1.29, 1.82) is 0 Å². The van der Waals surface area contributed by atoms with Crippen LogP contribution >= 0.6 is 11.3 Å². The summed E-state index contributed by atoms with van der Waals surface area (Å²) in [5, 5.41) is 21.3. The zero-order valence-electron chi connectivity index (χ0n) is 12.1. The number of hydrogen-bond donors (Lipinski definition) is 2. The summed E-state index contributed by atoms with van der Waals surface area (Å²) in [7, 11) is 0. The standard InChI is InChI=1S/C17H13FO4S/c1-9-12(15(19)20)4-6-17(18,14(9)16(21)22)11-2-3-13-10(8-11)5-7-23-13/h2-8,14H,1H3,(H,19,20)(H,21,22). The molecule has 1 aromatic carbocycles. The topological polar surface area (TPSA) is 74.6 Å². The van der Waals surface area contributed by atoms with Crippen molar-refractivity contribution in [3.8, 4) is 0 Å². The number of carboxylic acids is 2. The van der Waals surface area contributed by atoms with Gasteiger partial charge in [-0.15, -0.1) is 11.3 Å². The molecule has 0 aliphatic heterocycles. The Bertz CT molecular complexity index is 880. The van der Waals surface area contributed by atoms with E-state index in [2.05, 4.69) is 0 Å². The number of alkyl halides is 1. The number of halogens is 1. The van der Waals surface area contributed by atoms with Crippen LogP contribution in [0.15, 0.2) is 52.9 Å². The number of fused-ring (bicyclic) bond motifs is 1. The quantitative estimate of drug-likeness (QED) is 0.898. The smallest absolute Gasteiger partial charge is 0.335 e. The van der Waals surface area contributed by atoms with Gasteiger partial charge < -0.3 is 10.2 Å². The molecule has 0 fully saturated rings. The zero-order chi connectivity index (χ0) is 16.8. The maximum atomic E-state index is 15.6. The molecule has 2 atom stereocenters. The fourth-order valence-corrected chi connectivity index (χ4v) is 3.75. The van der Waals surface area contributed by atoms with Gasteiger partial charge in [-0.2, -0.15) is 0 Å². The highest BCUT2D eigenvalue weighted by Crippen LogP contribution is 2.45. The highest BCUT2D eigenvalue weighted by Gasteiger charge is 2.47. The molecule has 1 heterocycles. The monoisotopic (exact) mass is 332 g/mol. The van der Waals surface area contributed by atoms with Crippen molar-refractivity contribution in [2.75, 3.05) is 0 Å². The Morgan fingerprint density at radius 3 is 2.65 bits per heavy atom. The number of rotatable bonds is 3. The van der Waals surface area contributed by atoms with Gasteiger partial charge in [0.2, 0.25) is 0 Å². The van der Waals surface area contributed by atoms with E-state index in [4.69, 9.17) is 5.11 Å². The summed E-state index contributed by atoms with van der Waals surface area (Å²) in [5.41, 5.74) is -2.26. The van der Waals surface area contributed by atoms with Crippen molar-refractivity contribution >= 4 is 33.4 Å². The van der Waals surface area contributed by atoms with Crippen LogP contribution in [-0.4, -0.2) is 22.2 Å². The second-order valence-corrected chi connectivity index (χ2v) is 6.40. The largest absolute Gasteiger partial charge is 0.481 e. The van der Waals surface area contributed by atoms with Crippen molar-refractivity contribution in [3.63, 3.8) is 0 Å². The van der Waals surface area contributed by atoms with Gasteiger partial charge in [0.15, 0.2) is 5.67 Å². The maximum Gasteiger partial charge on any atom is 0.335 e. The van der Waals surface area contributed by atoms with E-state index in [1.807, 2.05) is 11.4 Å². The van der Waals surface area contributed by atoms with E-state index in [9.17, 15) is 14.7 Å². The first kappa shape index (κ1) is 15.4. The Labute approximate surface area is 135 Å². The maximum absolute atomic E-state index is 15.6. The van der Waals surface area contributed by atoms with Crippen LogP contribution in [0.2, 0.25) is 0 Å². The first-order valence-electron chi connectivity index (χ1n) is 6.87. The second kappa shape index (κ2) is 5.31. The van der Waals surface area contributed by atoms with Crippen LogP contribution in [0.5, 0.6) is 0 Å².